The van der Waals surface area contributed by atoms with E-state index in [2.05, 4.69) is 24.9 Å². The van der Waals surface area contributed by atoms with E-state index in [-0.39, 0.29) is 23.9 Å². The minimum atomic E-state index is -1.08. The Kier molecular flexibility index (Phi) is 19.3. The molecule has 0 spiro atoms. The Bertz CT molecular complexity index is 393. The van der Waals surface area contributed by atoms with Crippen molar-refractivity contribution >= 4 is 24.3 Å². The van der Waals surface area contributed by atoms with Crippen LogP contribution in [-0.4, -0.2) is 46.4 Å². The minimum Gasteiger partial charge on any atom is -0.394 e. The first-order chi connectivity index (χ1) is 13.5. The van der Waals surface area contributed by atoms with Gasteiger partial charge in [-0.1, -0.05) is 84.0 Å². The third-order valence-electron chi connectivity index (χ3n) is 5.06. The van der Waals surface area contributed by atoms with Crippen molar-refractivity contribution in [2.24, 2.45) is 0 Å². The number of rotatable bonds is 20. The molecule has 3 N–H and O–H groups in total. The zero-order chi connectivity index (χ0) is 21.0. The number of nitrogens with one attached hydrogen (secondary N) is 1. The highest BCUT2D eigenvalue weighted by atomic mass is 32.1. The highest BCUT2D eigenvalue weighted by molar-refractivity contribution is 7.80. The maximum absolute atomic E-state index is 12.0. The van der Waals surface area contributed by atoms with Crippen molar-refractivity contribution in [3.63, 3.8) is 0 Å². The summed E-state index contributed by atoms with van der Waals surface area (Å²) in [4.78, 5) is 23.9. The van der Waals surface area contributed by atoms with Gasteiger partial charge in [0.1, 0.15) is 0 Å². The van der Waals surface area contributed by atoms with Crippen molar-refractivity contribution in [1.29, 1.82) is 0 Å². The minimum absolute atomic E-state index is 0.144. The van der Waals surface area contributed by atoms with Gasteiger partial charge in [0.05, 0.1) is 18.8 Å². The molecule has 28 heavy (non-hydrogen) atoms. The number of hydrogen-bond donors (Lipinski definition) is 4. The lowest BCUT2D eigenvalue weighted by atomic mass is 10.0. The first-order valence-corrected chi connectivity index (χ1v) is 11.9. The van der Waals surface area contributed by atoms with E-state index in [9.17, 15) is 14.7 Å². The first kappa shape index (κ1) is 27.4. The van der Waals surface area contributed by atoms with Crippen LogP contribution in [0.1, 0.15) is 103 Å². The lowest BCUT2D eigenvalue weighted by Crippen LogP contribution is -2.43. The lowest BCUT2D eigenvalue weighted by Gasteiger charge is -2.16. The molecule has 0 rings (SSSR count). The topological polar surface area (TPSA) is 86.6 Å². The number of thiol groups is 1. The summed E-state index contributed by atoms with van der Waals surface area (Å²) in [6.07, 6.45) is 15.6. The van der Waals surface area contributed by atoms with E-state index in [0.717, 1.165) is 19.3 Å². The fourth-order valence-corrected chi connectivity index (χ4v) is 3.53. The quantitative estimate of drug-likeness (QED) is 0.177. The Labute approximate surface area is 177 Å². The molecule has 166 valence electrons. The molecule has 0 aromatic heterocycles. The molecule has 0 aromatic rings. The largest absolute Gasteiger partial charge is 0.394 e. The summed E-state index contributed by atoms with van der Waals surface area (Å²) in [5, 5.41) is 20.8. The van der Waals surface area contributed by atoms with E-state index in [1.807, 2.05) is 0 Å². The lowest BCUT2D eigenvalue weighted by molar-refractivity contribution is -0.128. The van der Waals surface area contributed by atoms with E-state index in [4.69, 9.17) is 5.11 Å². The standard InChI is InChI=1S/C22H43NO4S/c1-2-3-4-5-6-7-8-9-10-11-12-13-14-15-22(27)23-20(18-28)21(26)16-19(25)17-24/h19-20,24-25,28H,2-18H2,1H3,(H,23,27)/t19-,20+/m1/s1. The molecule has 0 saturated carbocycles. The molecule has 0 aliphatic rings. The van der Waals surface area contributed by atoms with Crippen LogP contribution in [0.4, 0.5) is 0 Å². The molecule has 1 amide bonds. The average Bonchev–Trinajstić information content (AvgIpc) is 2.69. The smallest absolute Gasteiger partial charge is 0.220 e. The number of amides is 1. The van der Waals surface area contributed by atoms with E-state index >= 15 is 0 Å². The van der Waals surface area contributed by atoms with Crippen LogP contribution in [0.5, 0.6) is 0 Å². The number of ketones is 1. The zero-order valence-corrected chi connectivity index (χ0v) is 18.7. The molecule has 0 aliphatic carbocycles. The Balaban J connectivity index is 3.57. The molecule has 0 heterocycles. The monoisotopic (exact) mass is 417 g/mol. The molecule has 0 aromatic carbocycles. The molecule has 0 saturated heterocycles. The third-order valence-corrected chi connectivity index (χ3v) is 5.43. The SMILES string of the molecule is CCCCCCCCCCCCCCCC(=O)N[C@@H](CS)C(=O)C[C@@H](O)CO. The third kappa shape index (κ3) is 16.4. The maximum atomic E-state index is 12.0. The van der Waals surface area contributed by atoms with Gasteiger partial charge >= 0.3 is 0 Å². The molecule has 0 unspecified atom stereocenters. The second-order valence-corrected chi connectivity index (χ2v) is 8.17. The van der Waals surface area contributed by atoms with Crippen LogP contribution in [0.2, 0.25) is 0 Å². The first-order valence-electron chi connectivity index (χ1n) is 11.3. The van der Waals surface area contributed by atoms with Gasteiger partial charge in [0.25, 0.3) is 0 Å². The zero-order valence-electron chi connectivity index (χ0n) is 17.8. The molecular weight excluding hydrogens is 374 g/mol. The van der Waals surface area contributed by atoms with Gasteiger partial charge in [0.15, 0.2) is 5.78 Å². The van der Waals surface area contributed by atoms with Crippen molar-refractivity contribution in [3.05, 3.63) is 0 Å². The number of Topliss-reactive ketones (excluding diaryl/α,β-unsaturated/α-hetero) is 1. The van der Waals surface area contributed by atoms with Gasteiger partial charge < -0.3 is 15.5 Å². The number of carbonyl (C=O) groups excluding carboxylic acids is 2. The molecule has 0 aliphatic heterocycles. The predicted octanol–water partition coefficient (Wildman–Crippen LogP) is 4.19. The van der Waals surface area contributed by atoms with Crippen molar-refractivity contribution in [2.45, 2.75) is 115 Å². The Morgan fingerprint density at radius 1 is 0.857 bits per heavy atom. The Hall–Kier alpha value is -0.590. The number of aliphatic hydroxyl groups is 2. The molecular formula is C22H43NO4S. The number of unbranched alkanes of at least 4 members (excludes halogenated alkanes) is 12. The molecule has 0 radical (unpaired) electrons. The summed E-state index contributed by atoms with van der Waals surface area (Å²) in [6.45, 7) is 1.79. The summed E-state index contributed by atoms with van der Waals surface area (Å²) in [5.74, 6) is -0.245. The summed E-state index contributed by atoms with van der Waals surface area (Å²) < 4.78 is 0. The fourth-order valence-electron chi connectivity index (χ4n) is 3.24. The van der Waals surface area contributed by atoms with Gasteiger partial charge in [-0.2, -0.15) is 12.6 Å². The van der Waals surface area contributed by atoms with Gasteiger partial charge in [-0.05, 0) is 6.42 Å². The molecule has 0 fully saturated rings. The second kappa shape index (κ2) is 19.7. The summed E-state index contributed by atoms with van der Waals surface area (Å²) in [7, 11) is 0. The number of hydrogen-bond acceptors (Lipinski definition) is 5. The summed E-state index contributed by atoms with van der Waals surface area (Å²) in [5.41, 5.74) is 0. The van der Waals surface area contributed by atoms with E-state index in [0.29, 0.717) is 6.42 Å². The van der Waals surface area contributed by atoms with Crippen LogP contribution in [0.3, 0.4) is 0 Å². The maximum Gasteiger partial charge on any atom is 0.220 e. The highest BCUT2D eigenvalue weighted by Crippen LogP contribution is 2.13. The Morgan fingerprint density at radius 3 is 1.75 bits per heavy atom. The van der Waals surface area contributed by atoms with Crippen molar-refractivity contribution in [1.82, 2.24) is 5.32 Å². The summed E-state index contributed by atoms with van der Waals surface area (Å²) >= 11 is 4.09. The van der Waals surface area contributed by atoms with Gasteiger partial charge in [-0.3, -0.25) is 9.59 Å². The fraction of sp³-hybridized carbons (Fsp3) is 0.909. The molecule has 2 atom stereocenters. The van der Waals surface area contributed by atoms with Crippen LogP contribution >= 0.6 is 12.6 Å². The van der Waals surface area contributed by atoms with E-state index in [1.54, 1.807) is 0 Å². The van der Waals surface area contributed by atoms with Gasteiger partial charge in [-0.25, -0.2) is 0 Å². The van der Waals surface area contributed by atoms with Gasteiger partial charge in [0.2, 0.25) is 5.91 Å². The normalized spacial score (nSPS) is 13.3. The number of carbonyl (C=O) groups is 2. The number of aliphatic hydroxyl groups excluding tert-OH is 2. The molecule has 0 bridgehead atoms. The van der Waals surface area contributed by atoms with Crippen LogP contribution < -0.4 is 5.32 Å². The molecule has 5 nitrogen and oxygen atoms in total. The average molecular weight is 418 g/mol. The van der Waals surface area contributed by atoms with Crippen LogP contribution in [0.15, 0.2) is 0 Å². The summed E-state index contributed by atoms with van der Waals surface area (Å²) in [6, 6.07) is -0.695. The van der Waals surface area contributed by atoms with Crippen LogP contribution in [0.25, 0.3) is 0 Å². The van der Waals surface area contributed by atoms with Crippen LogP contribution in [0, 0.1) is 0 Å². The van der Waals surface area contributed by atoms with Gasteiger partial charge in [0, 0.05) is 18.6 Å². The van der Waals surface area contributed by atoms with E-state index < -0.39 is 18.8 Å². The molecule has 6 heteroatoms. The van der Waals surface area contributed by atoms with Crippen molar-refractivity contribution < 1.29 is 19.8 Å². The predicted molar refractivity (Wildman–Crippen MR) is 119 cm³/mol. The van der Waals surface area contributed by atoms with Crippen molar-refractivity contribution in [3.8, 4) is 0 Å². The van der Waals surface area contributed by atoms with Crippen LogP contribution in [-0.2, 0) is 9.59 Å². The van der Waals surface area contributed by atoms with E-state index in [1.165, 1.54) is 64.2 Å². The second-order valence-electron chi connectivity index (χ2n) is 7.80. The van der Waals surface area contributed by atoms with Gasteiger partial charge in [-0.15, -0.1) is 0 Å². The Morgan fingerprint density at radius 2 is 1.32 bits per heavy atom. The highest BCUT2D eigenvalue weighted by Gasteiger charge is 2.21. The van der Waals surface area contributed by atoms with Crippen molar-refractivity contribution in [2.75, 3.05) is 12.4 Å².